The average molecular weight is 428 g/mol. The molecule has 0 bridgehead atoms. The maximum absolute atomic E-state index is 5.98. The van der Waals surface area contributed by atoms with Gasteiger partial charge in [-0.05, 0) is 35.9 Å². The molecule has 0 unspecified atom stereocenters. The Labute approximate surface area is 179 Å². The second-order valence-electron chi connectivity index (χ2n) is 7.39. The summed E-state index contributed by atoms with van der Waals surface area (Å²) in [5.41, 5.74) is 3.53. The van der Waals surface area contributed by atoms with Crippen molar-refractivity contribution in [3.05, 3.63) is 64.1 Å². The molecule has 0 amide bonds. The Bertz CT molecular complexity index is 984. The summed E-state index contributed by atoms with van der Waals surface area (Å²) in [4.78, 5) is 9.83. The van der Waals surface area contributed by atoms with Gasteiger partial charge < -0.3 is 9.47 Å². The highest BCUT2D eigenvalue weighted by Gasteiger charge is 2.19. The van der Waals surface area contributed by atoms with E-state index in [0.717, 1.165) is 72.1 Å². The van der Waals surface area contributed by atoms with Gasteiger partial charge in [-0.1, -0.05) is 23.7 Å². The van der Waals surface area contributed by atoms with Crippen LogP contribution in [-0.4, -0.2) is 47.8 Å². The Morgan fingerprint density at radius 3 is 2.41 bits per heavy atom. The molecule has 1 aromatic heterocycles. The monoisotopic (exact) mass is 427 g/mol. The van der Waals surface area contributed by atoms with Gasteiger partial charge in [0.1, 0.15) is 5.01 Å². The molecule has 0 aliphatic carbocycles. The molecule has 3 heterocycles. The van der Waals surface area contributed by atoms with Crippen LogP contribution in [0, 0.1) is 0 Å². The van der Waals surface area contributed by atoms with Crippen LogP contribution in [0.15, 0.2) is 47.8 Å². The molecule has 5 nitrogen and oxygen atoms in total. The predicted molar refractivity (Wildman–Crippen MR) is 116 cm³/mol. The van der Waals surface area contributed by atoms with Crippen molar-refractivity contribution in [2.75, 3.05) is 33.0 Å². The summed E-state index contributed by atoms with van der Waals surface area (Å²) in [6.07, 6.45) is 0. The van der Waals surface area contributed by atoms with Crippen LogP contribution >= 0.6 is 22.9 Å². The number of thiazole rings is 1. The van der Waals surface area contributed by atoms with E-state index >= 15 is 0 Å². The number of piperazine rings is 1. The number of hydrogen-bond acceptors (Lipinski definition) is 6. The Hall–Kier alpha value is -2.12. The van der Waals surface area contributed by atoms with Crippen molar-refractivity contribution in [2.24, 2.45) is 0 Å². The minimum Gasteiger partial charge on any atom is -0.454 e. The highest BCUT2D eigenvalue weighted by atomic mass is 35.5. The van der Waals surface area contributed by atoms with E-state index in [2.05, 4.69) is 27.3 Å². The van der Waals surface area contributed by atoms with Crippen LogP contribution in [0.25, 0.3) is 10.6 Å². The van der Waals surface area contributed by atoms with E-state index in [1.165, 1.54) is 5.56 Å². The molecule has 1 saturated heterocycles. The fourth-order valence-electron chi connectivity index (χ4n) is 3.72. The Morgan fingerprint density at radius 2 is 1.62 bits per heavy atom. The van der Waals surface area contributed by atoms with Crippen LogP contribution in [0.2, 0.25) is 5.02 Å². The van der Waals surface area contributed by atoms with Crippen molar-refractivity contribution in [3.63, 3.8) is 0 Å². The number of nitrogens with zero attached hydrogens (tertiary/aromatic N) is 3. The number of benzene rings is 2. The van der Waals surface area contributed by atoms with Gasteiger partial charge in [0, 0.05) is 55.2 Å². The molecule has 1 fully saturated rings. The van der Waals surface area contributed by atoms with Crippen molar-refractivity contribution in [3.8, 4) is 22.1 Å². The quantitative estimate of drug-likeness (QED) is 0.599. The molecule has 150 valence electrons. The highest BCUT2D eigenvalue weighted by Crippen LogP contribution is 2.36. The van der Waals surface area contributed by atoms with Crippen molar-refractivity contribution in [2.45, 2.75) is 13.1 Å². The van der Waals surface area contributed by atoms with Gasteiger partial charge in [-0.25, -0.2) is 4.98 Å². The van der Waals surface area contributed by atoms with Crippen molar-refractivity contribution in [1.82, 2.24) is 14.8 Å². The maximum atomic E-state index is 5.98. The standard InChI is InChI=1S/C22H22ClN3O2S/c23-18-4-1-16(2-5-18)12-25-7-9-26(10-8-25)13-19-14-29-22(24-19)17-3-6-20-21(11-17)28-15-27-20/h1-6,11,14H,7-10,12-13,15H2. The van der Waals surface area contributed by atoms with E-state index in [1.807, 2.05) is 30.3 Å². The van der Waals surface area contributed by atoms with Gasteiger partial charge in [-0.15, -0.1) is 11.3 Å². The smallest absolute Gasteiger partial charge is 0.231 e. The topological polar surface area (TPSA) is 37.8 Å². The average Bonchev–Trinajstić information content (AvgIpc) is 3.40. The van der Waals surface area contributed by atoms with Crippen LogP contribution in [0.4, 0.5) is 0 Å². The van der Waals surface area contributed by atoms with E-state index in [1.54, 1.807) is 11.3 Å². The summed E-state index contributed by atoms with van der Waals surface area (Å²) < 4.78 is 10.9. The number of rotatable bonds is 5. The number of halogens is 1. The molecule has 2 aromatic carbocycles. The van der Waals surface area contributed by atoms with Gasteiger partial charge in [-0.3, -0.25) is 9.80 Å². The van der Waals surface area contributed by atoms with Crippen molar-refractivity contribution >= 4 is 22.9 Å². The van der Waals surface area contributed by atoms with Gasteiger partial charge in [0.2, 0.25) is 6.79 Å². The summed E-state index contributed by atoms with van der Waals surface area (Å²) in [7, 11) is 0. The second-order valence-corrected chi connectivity index (χ2v) is 8.69. The van der Waals surface area contributed by atoms with E-state index in [0.29, 0.717) is 6.79 Å². The first-order valence-electron chi connectivity index (χ1n) is 9.76. The molecule has 0 saturated carbocycles. The summed E-state index contributed by atoms with van der Waals surface area (Å²) >= 11 is 7.66. The molecule has 0 atom stereocenters. The van der Waals surface area contributed by atoms with Gasteiger partial charge in [0.05, 0.1) is 5.69 Å². The highest BCUT2D eigenvalue weighted by molar-refractivity contribution is 7.13. The molecule has 2 aliphatic rings. The second kappa shape index (κ2) is 8.32. The zero-order chi connectivity index (χ0) is 19.6. The van der Waals surface area contributed by atoms with Crippen LogP contribution in [0.1, 0.15) is 11.3 Å². The molecular formula is C22H22ClN3O2S. The molecule has 0 radical (unpaired) electrons. The van der Waals surface area contributed by atoms with Gasteiger partial charge in [0.15, 0.2) is 11.5 Å². The van der Waals surface area contributed by atoms with E-state index in [4.69, 9.17) is 26.1 Å². The minimum absolute atomic E-state index is 0.298. The van der Waals surface area contributed by atoms with Crippen LogP contribution < -0.4 is 9.47 Å². The fraction of sp³-hybridized carbons (Fsp3) is 0.318. The third kappa shape index (κ3) is 4.41. The van der Waals surface area contributed by atoms with E-state index in [9.17, 15) is 0 Å². The fourth-order valence-corrected chi connectivity index (χ4v) is 4.66. The molecule has 7 heteroatoms. The summed E-state index contributed by atoms with van der Waals surface area (Å²) in [5, 5.41) is 3.99. The lowest BCUT2D eigenvalue weighted by atomic mass is 10.2. The van der Waals surface area contributed by atoms with Gasteiger partial charge in [0.25, 0.3) is 0 Å². The minimum atomic E-state index is 0.298. The molecule has 0 N–H and O–H groups in total. The first-order valence-corrected chi connectivity index (χ1v) is 11.0. The zero-order valence-electron chi connectivity index (χ0n) is 16.0. The molecule has 29 heavy (non-hydrogen) atoms. The van der Waals surface area contributed by atoms with Crippen molar-refractivity contribution in [1.29, 1.82) is 0 Å². The first-order chi connectivity index (χ1) is 14.2. The third-order valence-electron chi connectivity index (χ3n) is 5.34. The molecular weight excluding hydrogens is 406 g/mol. The van der Waals surface area contributed by atoms with Crippen LogP contribution in [0.3, 0.4) is 0 Å². The zero-order valence-corrected chi connectivity index (χ0v) is 17.6. The molecule has 0 spiro atoms. The Balaban J connectivity index is 1.16. The number of hydrogen-bond donors (Lipinski definition) is 0. The first kappa shape index (κ1) is 18.9. The lowest BCUT2D eigenvalue weighted by Gasteiger charge is -2.34. The SMILES string of the molecule is Clc1ccc(CN2CCN(Cc3csc(-c4ccc5c(c4)OCO5)n3)CC2)cc1. The van der Waals surface area contributed by atoms with Gasteiger partial charge in [-0.2, -0.15) is 0 Å². The largest absolute Gasteiger partial charge is 0.454 e. The molecule has 3 aromatic rings. The van der Waals surface area contributed by atoms with Crippen LogP contribution in [0.5, 0.6) is 11.5 Å². The summed E-state index contributed by atoms with van der Waals surface area (Å²) in [6, 6.07) is 14.2. The number of ether oxygens (including phenoxy) is 2. The van der Waals surface area contributed by atoms with E-state index in [-0.39, 0.29) is 0 Å². The van der Waals surface area contributed by atoms with Crippen LogP contribution in [-0.2, 0) is 13.1 Å². The summed E-state index contributed by atoms with van der Waals surface area (Å²) in [5.74, 6) is 1.61. The van der Waals surface area contributed by atoms with Crippen molar-refractivity contribution < 1.29 is 9.47 Å². The van der Waals surface area contributed by atoms with E-state index < -0.39 is 0 Å². The molecule has 5 rings (SSSR count). The molecule has 2 aliphatic heterocycles. The summed E-state index contributed by atoms with van der Waals surface area (Å²) in [6.45, 7) is 6.44. The lowest BCUT2D eigenvalue weighted by molar-refractivity contribution is 0.121. The maximum Gasteiger partial charge on any atom is 0.231 e. The lowest BCUT2D eigenvalue weighted by Crippen LogP contribution is -2.45. The number of aromatic nitrogens is 1. The Kier molecular flexibility index (Phi) is 5.42. The number of fused-ring (bicyclic) bond motifs is 1. The third-order valence-corrected chi connectivity index (χ3v) is 6.53. The van der Waals surface area contributed by atoms with Gasteiger partial charge >= 0.3 is 0 Å². The Morgan fingerprint density at radius 1 is 0.897 bits per heavy atom. The predicted octanol–water partition coefficient (Wildman–Crippen LogP) is 4.51. The normalized spacial score (nSPS) is 17.0.